The summed E-state index contributed by atoms with van der Waals surface area (Å²) in [7, 11) is -4.42. The smallest absolute Gasteiger partial charge is 0.397 e. The Bertz CT molecular complexity index is 852. The van der Waals surface area contributed by atoms with Crippen LogP contribution in [0.3, 0.4) is 0 Å². The fourth-order valence-electron chi connectivity index (χ4n) is 5.94. The highest BCUT2D eigenvalue weighted by Gasteiger charge is 2.44. The van der Waals surface area contributed by atoms with Crippen molar-refractivity contribution in [2.75, 3.05) is 6.61 Å². The second-order valence-electron chi connectivity index (χ2n) is 10.7. The summed E-state index contributed by atoms with van der Waals surface area (Å²) >= 11 is 0. The summed E-state index contributed by atoms with van der Waals surface area (Å²) in [6.45, 7) is 9.66. The largest absolute Gasteiger partial charge is 0.472 e. The quantitative estimate of drug-likeness (QED) is 0.313. The van der Waals surface area contributed by atoms with Crippen LogP contribution in [0.4, 0.5) is 0 Å². The molecule has 1 heterocycles. The summed E-state index contributed by atoms with van der Waals surface area (Å²) in [4.78, 5) is 0. The Labute approximate surface area is 188 Å². The van der Waals surface area contributed by atoms with E-state index >= 15 is 0 Å². The molecule has 2 aliphatic rings. The van der Waals surface area contributed by atoms with Crippen LogP contribution in [0.25, 0.3) is 0 Å². The van der Waals surface area contributed by atoms with E-state index in [1.165, 1.54) is 32.1 Å². The number of allylic oxidation sites excluding steroid dienone is 2. The molecule has 3 rings (SSSR count). The minimum absolute atomic E-state index is 0.0477. The lowest BCUT2D eigenvalue weighted by Gasteiger charge is -2.50. The summed E-state index contributed by atoms with van der Waals surface area (Å²) in [6.07, 6.45) is 14.3. The van der Waals surface area contributed by atoms with Crippen LogP contribution < -0.4 is 0 Å². The SMILES string of the molecule is C[C@@H]1CCC2=C(CCCC2(C)C)C1(C)CCC(CCCc1ccoc1)COS(=O)(=O)O. The minimum Gasteiger partial charge on any atom is -0.472 e. The van der Waals surface area contributed by atoms with Crippen LogP contribution in [-0.4, -0.2) is 19.6 Å². The predicted octanol–water partition coefficient (Wildman–Crippen LogP) is 6.76. The Morgan fingerprint density at radius 2 is 2.00 bits per heavy atom. The average molecular weight is 453 g/mol. The summed E-state index contributed by atoms with van der Waals surface area (Å²) < 4.78 is 41.4. The van der Waals surface area contributed by atoms with Gasteiger partial charge in [0.1, 0.15) is 0 Å². The van der Waals surface area contributed by atoms with Gasteiger partial charge in [0.15, 0.2) is 0 Å². The third-order valence-electron chi connectivity index (χ3n) is 8.20. The minimum atomic E-state index is -4.42. The van der Waals surface area contributed by atoms with Crippen LogP contribution in [0.2, 0.25) is 0 Å². The normalized spacial score (nSPS) is 27.2. The van der Waals surface area contributed by atoms with Crippen molar-refractivity contribution in [1.82, 2.24) is 0 Å². The van der Waals surface area contributed by atoms with Crippen molar-refractivity contribution in [1.29, 1.82) is 0 Å². The first-order valence-corrected chi connectivity index (χ1v) is 13.2. The summed E-state index contributed by atoms with van der Waals surface area (Å²) in [5.74, 6) is 0.717. The molecule has 1 aromatic heterocycles. The first-order chi connectivity index (χ1) is 14.5. The first kappa shape index (κ1) is 24.5. The van der Waals surface area contributed by atoms with Gasteiger partial charge in [0, 0.05) is 0 Å². The van der Waals surface area contributed by atoms with Gasteiger partial charge in [-0.15, -0.1) is 0 Å². The van der Waals surface area contributed by atoms with E-state index in [0.29, 0.717) is 11.3 Å². The molecule has 0 fully saturated rings. The Balaban J connectivity index is 1.70. The maximum atomic E-state index is 11.2. The maximum absolute atomic E-state index is 11.2. The number of aryl methyl sites for hydroxylation is 1. The molecule has 0 aliphatic heterocycles. The van der Waals surface area contributed by atoms with Crippen LogP contribution in [0.15, 0.2) is 34.2 Å². The van der Waals surface area contributed by atoms with E-state index in [1.54, 1.807) is 23.7 Å². The first-order valence-electron chi connectivity index (χ1n) is 11.9. The average Bonchev–Trinajstić information content (AvgIpc) is 3.19. The monoisotopic (exact) mass is 452 g/mol. The lowest BCUT2D eigenvalue weighted by atomic mass is 9.55. The van der Waals surface area contributed by atoms with Gasteiger partial charge in [-0.3, -0.25) is 4.55 Å². The van der Waals surface area contributed by atoms with Gasteiger partial charge in [-0.25, -0.2) is 4.18 Å². The molecule has 0 amide bonds. The highest BCUT2D eigenvalue weighted by atomic mass is 32.3. The summed E-state index contributed by atoms with van der Waals surface area (Å²) in [5.41, 5.74) is 4.97. The van der Waals surface area contributed by atoms with Gasteiger partial charge in [-0.2, -0.15) is 8.42 Å². The molecular weight excluding hydrogens is 412 g/mol. The fourth-order valence-corrected chi connectivity index (χ4v) is 6.30. The molecule has 1 N–H and O–H groups in total. The van der Waals surface area contributed by atoms with Crippen LogP contribution in [0.1, 0.15) is 91.0 Å². The van der Waals surface area contributed by atoms with Crippen LogP contribution in [-0.2, 0) is 21.0 Å². The van der Waals surface area contributed by atoms with Gasteiger partial charge in [0.2, 0.25) is 0 Å². The number of furan rings is 1. The lowest BCUT2D eigenvalue weighted by Crippen LogP contribution is -2.38. The van der Waals surface area contributed by atoms with Crippen LogP contribution >= 0.6 is 0 Å². The van der Waals surface area contributed by atoms with E-state index in [-0.39, 0.29) is 17.9 Å². The molecule has 1 aromatic rings. The van der Waals surface area contributed by atoms with Crippen LogP contribution in [0, 0.1) is 22.7 Å². The van der Waals surface area contributed by atoms with Crippen molar-refractivity contribution in [3.63, 3.8) is 0 Å². The highest BCUT2D eigenvalue weighted by Crippen LogP contribution is 2.56. The summed E-state index contributed by atoms with van der Waals surface area (Å²) in [6, 6.07) is 1.97. The van der Waals surface area contributed by atoms with Crippen molar-refractivity contribution in [2.24, 2.45) is 22.7 Å². The van der Waals surface area contributed by atoms with Gasteiger partial charge in [-0.1, -0.05) is 38.8 Å². The zero-order valence-corrected chi connectivity index (χ0v) is 20.5. The van der Waals surface area contributed by atoms with Gasteiger partial charge < -0.3 is 4.42 Å². The number of hydrogen-bond donors (Lipinski definition) is 1. The maximum Gasteiger partial charge on any atom is 0.397 e. The van der Waals surface area contributed by atoms with Gasteiger partial charge in [0.25, 0.3) is 0 Å². The van der Waals surface area contributed by atoms with Crippen molar-refractivity contribution < 1.29 is 21.6 Å². The molecule has 2 unspecified atom stereocenters. The van der Waals surface area contributed by atoms with E-state index in [2.05, 4.69) is 27.7 Å². The molecule has 0 spiro atoms. The molecule has 6 heteroatoms. The standard InChI is InChI=1S/C25H40O5S/c1-19-10-11-22-23(9-6-14-24(22,2)3)25(19,4)15-12-20(18-30-31(26,27)28)7-5-8-21-13-16-29-17-21/h13,16-17,19-20H,5-12,14-15,18H2,1-4H3,(H,26,27,28)/t19-,20?,25?/m1/s1. The van der Waals surface area contributed by atoms with Crippen molar-refractivity contribution in [3.8, 4) is 0 Å². The zero-order valence-electron chi connectivity index (χ0n) is 19.7. The molecule has 0 radical (unpaired) electrons. The second kappa shape index (κ2) is 9.80. The van der Waals surface area contributed by atoms with E-state index in [4.69, 9.17) is 13.2 Å². The molecule has 176 valence electrons. The third kappa shape index (κ3) is 6.23. The molecule has 3 atom stereocenters. The van der Waals surface area contributed by atoms with Crippen molar-refractivity contribution in [2.45, 2.75) is 91.9 Å². The molecular formula is C25H40O5S. The van der Waals surface area contributed by atoms with Gasteiger partial charge >= 0.3 is 10.4 Å². The topological polar surface area (TPSA) is 76.7 Å². The molecule has 0 saturated carbocycles. The Morgan fingerprint density at radius 3 is 2.68 bits per heavy atom. The fraction of sp³-hybridized carbons (Fsp3) is 0.760. The van der Waals surface area contributed by atoms with E-state index in [9.17, 15) is 8.42 Å². The molecule has 0 bridgehead atoms. The van der Waals surface area contributed by atoms with E-state index < -0.39 is 10.4 Å². The van der Waals surface area contributed by atoms with Crippen molar-refractivity contribution in [3.05, 3.63) is 35.3 Å². The van der Waals surface area contributed by atoms with Gasteiger partial charge in [-0.05, 0) is 98.5 Å². The number of hydrogen-bond acceptors (Lipinski definition) is 4. The second-order valence-corrected chi connectivity index (χ2v) is 11.8. The third-order valence-corrected chi connectivity index (χ3v) is 8.63. The Kier molecular flexibility index (Phi) is 7.75. The van der Waals surface area contributed by atoms with E-state index in [0.717, 1.165) is 37.7 Å². The molecule has 2 aliphatic carbocycles. The molecule has 0 aromatic carbocycles. The molecule has 5 nitrogen and oxygen atoms in total. The van der Waals surface area contributed by atoms with Crippen molar-refractivity contribution >= 4 is 10.4 Å². The highest BCUT2D eigenvalue weighted by molar-refractivity contribution is 7.80. The Morgan fingerprint density at radius 1 is 1.23 bits per heavy atom. The Hall–Kier alpha value is -1.11. The van der Waals surface area contributed by atoms with E-state index in [1.807, 2.05) is 6.07 Å². The molecule has 0 saturated heterocycles. The summed E-state index contributed by atoms with van der Waals surface area (Å²) in [5, 5.41) is 0. The van der Waals surface area contributed by atoms with Crippen LogP contribution in [0.5, 0.6) is 0 Å². The lowest BCUT2D eigenvalue weighted by molar-refractivity contribution is 0.141. The predicted molar refractivity (Wildman–Crippen MR) is 123 cm³/mol. The number of rotatable bonds is 10. The van der Waals surface area contributed by atoms with Gasteiger partial charge in [0.05, 0.1) is 19.1 Å². The molecule has 31 heavy (non-hydrogen) atoms. The zero-order chi connectivity index (χ0) is 22.7.